The van der Waals surface area contributed by atoms with Crippen LogP contribution in [0.25, 0.3) is 10.2 Å². The fourth-order valence-electron chi connectivity index (χ4n) is 2.82. The van der Waals surface area contributed by atoms with Crippen LogP contribution in [0, 0.1) is 13.8 Å². The van der Waals surface area contributed by atoms with Crippen LogP contribution >= 0.6 is 11.3 Å². The van der Waals surface area contributed by atoms with Gasteiger partial charge in [-0.15, -0.1) is 6.58 Å². The lowest BCUT2D eigenvalue weighted by Gasteiger charge is -2.03. The number of hydrogen-bond donors (Lipinski definition) is 0. The molecule has 0 fully saturated rings. The van der Waals surface area contributed by atoms with E-state index in [-0.39, 0.29) is 5.91 Å². The first-order valence-corrected chi connectivity index (χ1v) is 8.73. The lowest BCUT2D eigenvalue weighted by atomic mass is 10.1. The van der Waals surface area contributed by atoms with Crippen molar-refractivity contribution in [3.8, 4) is 0 Å². The quantitative estimate of drug-likeness (QED) is 0.658. The molecule has 3 nitrogen and oxygen atoms in total. The van der Waals surface area contributed by atoms with E-state index in [0.29, 0.717) is 13.0 Å². The topological polar surface area (TPSA) is 34.4 Å². The predicted octanol–water partition coefficient (Wildman–Crippen LogP) is 4.18. The number of benzene rings is 2. The van der Waals surface area contributed by atoms with Crippen LogP contribution in [0.15, 0.2) is 60.1 Å². The molecule has 0 N–H and O–H groups in total. The molecule has 0 aliphatic carbocycles. The molecule has 0 unspecified atom stereocenters. The summed E-state index contributed by atoms with van der Waals surface area (Å²) in [6.07, 6.45) is 2.16. The maximum Gasteiger partial charge on any atom is 0.252 e. The van der Waals surface area contributed by atoms with Crippen molar-refractivity contribution in [1.82, 2.24) is 4.57 Å². The Morgan fingerprint density at radius 2 is 2.00 bits per heavy atom. The van der Waals surface area contributed by atoms with Crippen molar-refractivity contribution in [1.29, 1.82) is 0 Å². The fraction of sp³-hybridized carbons (Fsp3) is 0.200. The predicted molar refractivity (Wildman–Crippen MR) is 100 cm³/mol. The molecular weight excluding hydrogens is 316 g/mol. The monoisotopic (exact) mass is 336 g/mol. The third-order valence-corrected chi connectivity index (χ3v) is 5.07. The SMILES string of the molecule is C=CCn1c(=NC(=O)Cc2ccccc2)sc2c(C)cc(C)cc21. The smallest absolute Gasteiger partial charge is 0.252 e. The normalized spacial score (nSPS) is 11.8. The number of aryl methyl sites for hydroxylation is 2. The van der Waals surface area contributed by atoms with Crippen molar-refractivity contribution in [2.75, 3.05) is 0 Å². The standard InChI is InChI=1S/C20H20N2OS/c1-4-10-22-17-12-14(2)11-15(3)19(17)24-20(22)21-18(23)13-16-8-6-5-7-9-16/h4-9,11-12H,1,10,13H2,2-3H3. The number of amides is 1. The van der Waals surface area contributed by atoms with Gasteiger partial charge in [-0.05, 0) is 36.6 Å². The van der Waals surface area contributed by atoms with Gasteiger partial charge in [0, 0.05) is 6.54 Å². The molecule has 2 aromatic carbocycles. The second kappa shape index (κ2) is 6.97. The molecule has 0 radical (unpaired) electrons. The molecule has 0 bridgehead atoms. The third kappa shape index (κ3) is 3.39. The minimum absolute atomic E-state index is 0.125. The average molecular weight is 336 g/mol. The average Bonchev–Trinajstić information content (AvgIpc) is 2.87. The maximum atomic E-state index is 12.4. The van der Waals surface area contributed by atoms with E-state index in [2.05, 4.69) is 42.1 Å². The number of hydrogen-bond acceptors (Lipinski definition) is 2. The van der Waals surface area contributed by atoms with Crippen LogP contribution in [-0.4, -0.2) is 10.5 Å². The van der Waals surface area contributed by atoms with Crippen molar-refractivity contribution < 1.29 is 4.79 Å². The first-order valence-electron chi connectivity index (χ1n) is 7.91. The minimum Gasteiger partial charge on any atom is -0.312 e. The van der Waals surface area contributed by atoms with E-state index in [4.69, 9.17) is 0 Å². The summed E-state index contributed by atoms with van der Waals surface area (Å²) in [5.74, 6) is -0.125. The Morgan fingerprint density at radius 1 is 1.25 bits per heavy atom. The first-order chi connectivity index (χ1) is 11.6. The van der Waals surface area contributed by atoms with Gasteiger partial charge >= 0.3 is 0 Å². The summed E-state index contributed by atoms with van der Waals surface area (Å²) >= 11 is 1.57. The molecule has 1 heterocycles. The van der Waals surface area contributed by atoms with Crippen LogP contribution in [-0.2, 0) is 17.8 Å². The Hall–Kier alpha value is -2.46. The highest BCUT2D eigenvalue weighted by molar-refractivity contribution is 7.16. The van der Waals surface area contributed by atoms with Crippen LogP contribution in [0.5, 0.6) is 0 Å². The van der Waals surface area contributed by atoms with E-state index in [9.17, 15) is 4.79 Å². The van der Waals surface area contributed by atoms with Gasteiger partial charge in [0.25, 0.3) is 5.91 Å². The summed E-state index contributed by atoms with van der Waals surface area (Å²) in [5.41, 5.74) is 4.51. The molecular formula is C20H20N2OS. The molecule has 4 heteroatoms. The number of carbonyl (C=O) groups excluding carboxylic acids is 1. The highest BCUT2D eigenvalue weighted by atomic mass is 32.1. The van der Waals surface area contributed by atoms with Crippen LogP contribution in [0.4, 0.5) is 0 Å². The summed E-state index contributed by atoms with van der Waals surface area (Å²) in [6.45, 7) is 8.65. The Balaban J connectivity index is 2.07. The highest BCUT2D eigenvalue weighted by Crippen LogP contribution is 2.23. The molecule has 1 amide bonds. The molecule has 0 aliphatic heterocycles. The zero-order chi connectivity index (χ0) is 17.1. The maximum absolute atomic E-state index is 12.4. The Morgan fingerprint density at radius 3 is 2.71 bits per heavy atom. The van der Waals surface area contributed by atoms with Gasteiger partial charge in [0.05, 0.1) is 16.6 Å². The molecule has 3 rings (SSSR count). The van der Waals surface area contributed by atoms with Crippen LogP contribution in [0.2, 0.25) is 0 Å². The first kappa shape index (κ1) is 16.4. The molecule has 122 valence electrons. The summed E-state index contributed by atoms with van der Waals surface area (Å²) < 4.78 is 3.24. The summed E-state index contributed by atoms with van der Waals surface area (Å²) in [4.78, 5) is 17.5. The summed E-state index contributed by atoms with van der Waals surface area (Å²) in [5, 5.41) is 0. The van der Waals surface area contributed by atoms with Gasteiger partial charge < -0.3 is 4.57 Å². The Kier molecular flexibility index (Phi) is 4.76. The van der Waals surface area contributed by atoms with Crippen molar-refractivity contribution in [3.63, 3.8) is 0 Å². The molecule has 24 heavy (non-hydrogen) atoms. The van der Waals surface area contributed by atoms with E-state index in [0.717, 1.165) is 15.9 Å². The van der Waals surface area contributed by atoms with Crippen molar-refractivity contribution >= 4 is 27.5 Å². The molecule has 0 saturated heterocycles. The van der Waals surface area contributed by atoms with Gasteiger partial charge in [-0.1, -0.05) is 53.8 Å². The van der Waals surface area contributed by atoms with Gasteiger partial charge in [0.15, 0.2) is 4.80 Å². The highest BCUT2D eigenvalue weighted by Gasteiger charge is 2.10. The van der Waals surface area contributed by atoms with Gasteiger partial charge in [-0.25, -0.2) is 0 Å². The van der Waals surface area contributed by atoms with Gasteiger partial charge in [-0.3, -0.25) is 4.79 Å². The molecule has 3 aromatic rings. The Bertz CT molecular complexity index is 964. The Labute approximate surface area is 145 Å². The van der Waals surface area contributed by atoms with Crippen molar-refractivity contribution in [2.45, 2.75) is 26.8 Å². The number of aromatic nitrogens is 1. The largest absolute Gasteiger partial charge is 0.312 e. The number of carbonyl (C=O) groups is 1. The van der Waals surface area contributed by atoms with E-state index in [1.807, 2.05) is 36.4 Å². The lowest BCUT2D eigenvalue weighted by Crippen LogP contribution is -2.17. The van der Waals surface area contributed by atoms with Crippen molar-refractivity contribution in [3.05, 3.63) is 76.6 Å². The number of fused-ring (bicyclic) bond motifs is 1. The molecule has 0 spiro atoms. The second-order valence-electron chi connectivity index (χ2n) is 5.88. The number of rotatable bonds is 4. The van der Waals surface area contributed by atoms with Crippen LogP contribution < -0.4 is 4.80 Å². The third-order valence-electron chi connectivity index (χ3n) is 3.84. The minimum atomic E-state index is -0.125. The zero-order valence-corrected chi connectivity index (χ0v) is 14.8. The van der Waals surface area contributed by atoms with Crippen LogP contribution in [0.1, 0.15) is 16.7 Å². The van der Waals surface area contributed by atoms with E-state index in [1.165, 1.54) is 15.8 Å². The number of nitrogens with zero attached hydrogens (tertiary/aromatic N) is 2. The molecule has 0 saturated carbocycles. The number of allylic oxidation sites excluding steroid dienone is 1. The van der Waals surface area contributed by atoms with Crippen LogP contribution in [0.3, 0.4) is 0 Å². The van der Waals surface area contributed by atoms with Gasteiger partial charge in [0.1, 0.15) is 0 Å². The van der Waals surface area contributed by atoms with E-state index in [1.54, 1.807) is 11.3 Å². The second-order valence-corrected chi connectivity index (χ2v) is 6.86. The molecule has 0 aliphatic rings. The summed E-state index contributed by atoms with van der Waals surface area (Å²) in [6, 6.07) is 14.0. The van der Waals surface area contributed by atoms with Crippen molar-refractivity contribution in [2.24, 2.45) is 4.99 Å². The molecule has 1 aromatic heterocycles. The molecule has 0 atom stereocenters. The number of thiazole rings is 1. The summed E-state index contributed by atoms with van der Waals surface area (Å²) in [7, 11) is 0. The fourth-order valence-corrected chi connectivity index (χ4v) is 3.93. The van der Waals surface area contributed by atoms with E-state index < -0.39 is 0 Å². The zero-order valence-electron chi connectivity index (χ0n) is 14.0. The van der Waals surface area contributed by atoms with Gasteiger partial charge in [-0.2, -0.15) is 4.99 Å². The van der Waals surface area contributed by atoms with Gasteiger partial charge in [0.2, 0.25) is 0 Å². The lowest BCUT2D eigenvalue weighted by molar-refractivity contribution is -0.117. The van der Waals surface area contributed by atoms with E-state index >= 15 is 0 Å².